The number of benzene rings is 2. The van der Waals surface area contributed by atoms with Crippen molar-refractivity contribution in [3.05, 3.63) is 92.4 Å². The van der Waals surface area contributed by atoms with Crippen molar-refractivity contribution in [1.82, 2.24) is 34.6 Å². The maximum Gasteiger partial charge on any atom is 0.274 e. The highest BCUT2D eigenvalue weighted by Crippen LogP contribution is 2.26. The average Bonchev–Trinajstić information content (AvgIpc) is 3.51. The van der Waals surface area contributed by atoms with E-state index < -0.39 is 0 Å². The minimum absolute atomic E-state index is 0.0308. The molecule has 0 radical (unpaired) electrons. The first-order chi connectivity index (χ1) is 17.4. The minimum atomic E-state index is -0.0308. The molecular formula is C26H27Br2N7O. The number of piperazine rings is 1. The molecule has 36 heavy (non-hydrogen) atoms. The molecule has 2 aromatic heterocycles. The van der Waals surface area contributed by atoms with E-state index in [9.17, 15) is 4.79 Å². The Morgan fingerprint density at radius 2 is 1.69 bits per heavy atom. The molecule has 0 N–H and O–H groups in total. The Balaban J connectivity index is 1.19. The van der Waals surface area contributed by atoms with Crippen LogP contribution in [0.15, 0.2) is 69.7 Å². The summed E-state index contributed by atoms with van der Waals surface area (Å²) in [5, 5.41) is 13.4. The van der Waals surface area contributed by atoms with E-state index in [0.717, 1.165) is 39.1 Å². The SMILES string of the molecule is Cc1cc(C(=O)N2CCN(Cc3cn([C@@H](C)c4ccccc4Br)nn3)CC2)nn1-c1ccccc1Br. The van der Waals surface area contributed by atoms with Crippen molar-refractivity contribution in [2.45, 2.75) is 26.4 Å². The van der Waals surface area contributed by atoms with E-state index in [4.69, 9.17) is 0 Å². The molecule has 0 bridgehead atoms. The fraction of sp³-hybridized carbons (Fsp3) is 0.308. The Kier molecular flexibility index (Phi) is 7.36. The van der Waals surface area contributed by atoms with Gasteiger partial charge in [0.2, 0.25) is 0 Å². The average molecular weight is 613 g/mol. The Morgan fingerprint density at radius 1 is 1.00 bits per heavy atom. The molecule has 1 amide bonds. The van der Waals surface area contributed by atoms with Crippen LogP contribution in [0.5, 0.6) is 0 Å². The predicted molar refractivity (Wildman–Crippen MR) is 145 cm³/mol. The third-order valence-corrected chi connectivity index (χ3v) is 7.93. The standard InChI is InChI=1S/C26H27Br2N7O/c1-18-15-24(30-35(18)25-10-6-5-9-23(25)28)26(36)33-13-11-32(12-14-33)16-20-17-34(31-29-20)19(2)21-7-3-4-8-22(21)27/h3-10,15,17,19H,11-14,16H2,1-2H3/t19-/m0/s1. The van der Waals surface area contributed by atoms with Crippen molar-refractivity contribution < 1.29 is 4.79 Å². The Morgan fingerprint density at radius 3 is 2.42 bits per heavy atom. The minimum Gasteiger partial charge on any atom is -0.335 e. The van der Waals surface area contributed by atoms with E-state index in [-0.39, 0.29) is 11.9 Å². The molecule has 1 fully saturated rings. The van der Waals surface area contributed by atoms with E-state index in [2.05, 4.69) is 65.2 Å². The monoisotopic (exact) mass is 611 g/mol. The number of para-hydroxylation sites is 1. The van der Waals surface area contributed by atoms with Gasteiger partial charge in [-0.1, -0.05) is 51.5 Å². The number of carbonyl (C=O) groups is 1. The number of aromatic nitrogens is 5. The summed E-state index contributed by atoms with van der Waals surface area (Å²) >= 11 is 7.20. The fourth-order valence-corrected chi connectivity index (χ4v) is 5.55. The summed E-state index contributed by atoms with van der Waals surface area (Å²) in [5.41, 5.74) is 4.40. The van der Waals surface area contributed by atoms with Crippen molar-refractivity contribution in [3.63, 3.8) is 0 Å². The van der Waals surface area contributed by atoms with E-state index in [1.54, 1.807) is 0 Å². The van der Waals surface area contributed by atoms with Crippen LogP contribution in [-0.4, -0.2) is 66.7 Å². The first kappa shape index (κ1) is 24.9. The highest BCUT2D eigenvalue weighted by Gasteiger charge is 2.25. The summed E-state index contributed by atoms with van der Waals surface area (Å²) in [4.78, 5) is 17.4. The van der Waals surface area contributed by atoms with Gasteiger partial charge in [-0.15, -0.1) is 5.10 Å². The second kappa shape index (κ2) is 10.7. The first-order valence-electron chi connectivity index (χ1n) is 11.9. The third-order valence-electron chi connectivity index (χ3n) is 6.54. The normalized spacial score (nSPS) is 15.3. The lowest BCUT2D eigenvalue weighted by atomic mass is 10.1. The smallest absolute Gasteiger partial charge is 0.274 e. The van der Waals surface area contributed by atoms with E-state index in [1.165, 1.54) is 5.56 Å². The number of hydrogen-bond acceptors (Lipinski definition) is 5. The molecule has 8 nitrogen and oxygen atoms in total. The number of carbonyl (C=O) groups excluding carboxylic acids is 1. The zero-order valence-electron chi connectivity index (χ0n) is 20.2. The van der Waals surface area contributed by atoms with Crippen LogP contribution in [0.1, 0.15) is 40.4 Å². The van der Waals surface area contributed by atoms with Gasteiger partial charge in [0.25, 0.3) is 5.91 Å². The summed E-state index contributed by atoms with van der Waals surface area (Å²) in [6.45, 7) is 7.65. The zero-order chi connectivity index (χ0) is 25.2. The van der Waals surface area contributed by atoms with Gasteiger partial charge in [-0.05, 0) is 59.6 Å². The lowest BCUT2D eigenvalue weighted by Crippen LogP contribution is -2.48. The van der Waals surface area contributed by atoms with E-state index in [1.807, 2.05) is 75.9 Å². The highest BCUT2D eigenvalue weighted by molar-refractivity contribution is 9.10. The third kappa shape index (κ3) is 5.16. The molecule has 1 aliphatic rings. The van der Waals surface area contributed by atoms with Crippen LogP contribution >= 0.6 is 31.9 Å². The molecule has 4 aromatic rings. The molecule has 2 aromatic carbocycles. The molecule has 0 saturated carbocycles. The molecule has 10 heteroatoms. The van der Waals surface area contributed by atoms with Crippen LogP contribution in [0.3, 0.4) is 0 Å². The van der Waals surface area contributed by atoms with Gasteiger partial charge in [-0.25, -0.2) is 9.36 Å². The van der Waals surface area contributed by atoms with Crippen LogP contribution in [0.4, 0.5) is 0 Å². The quantitative estimate of drug-likeness (QED) is 0.311. The van der Waals surface area contributed by atoms with Gasteiger partial charge < -0.3 is 4.90 Å². The number of nitrogens with zero attached hydrogens (tertiary/aromatic N) is 7. The van der Waals surface area contributed by atoms with E-state index >= 15 is 0 Å². The number of aryl methyl sites for hydroxylation is 1. The van der Waals surface area contributed by atoms with Gasteiger partial charge in [0, 0.05) is 47.4 Å². The molecule has 5 rings (SSSR count). The van der Waals surface area contributed by atoms with Crippen molar-refractivity contribution in [2.75, 3.05) is 26.2 Å². The largest absolute Gasteiger partial charge is 0.335 e. The Labute approximate surface area is 227 Å². The second-order valence-corrected chi connectivity index (χ2v) is 10.7. The predicted octanol–water partition coefficient (Wildman–Crippen LogP) is 4.86. The maximum absolute atomic E-state index is 13.2. The molecule has 1 atom stereocenters. The summed E-state index contributed by atoms with van der Waals surface area (Å²) in [7, 11) is 0. The fourth-order valence-electron chi connectivity index (χ4n) is 4.48. The summed E-state index contributed by atoms with van der Waals surface area (Å²) in [6, 6.07) is 18.0. The molecule has 186 valence electrons. The summed E-state index contributed by atoms with van der Waals surface area (Å²) in [5.74, 6) is -0.0308. The molecular weight excluding hydrogens is 586 g/mol. The maximum atomic E-state index is 13.2. The summed E-state index contributed by atoms with van der Waals surface area (Å²) in [6.07, 6.45) is 2.01. The molecule has 0 spiro atoms. The summed E-state index contributed by atoms with van der Waals surface area (Å²) < 4.78 is 5.71. The van der Waals surface area contributed by atoms with Gasteiger partial charge in [-0.3, -0.25) is 9.69 Å². The van der Waals surface area contributed by atoms with Gasteiger partial charge in [0.1, 0.15) is 0 Å². The van der Waals surface area contributed by atoms with Crippen molar-refractivity contribution >= 4 is 37.8 Å². The van der Waals surface area contributed by atoms with Gasteiger partial charge in [0.05, 0.1) is 23.6 Å². The van der Waals surface area contributed by atoms with Crippen LogP contribution in [0.25, 0.3) is 5.69 Å². The van der Waals surface area contributed by atoms with Crippen molar-refractivity contribution in [3.8, 4) is 5.69 Å². The van der Waals surface area contributed by atoms with Crippen LogP contribution in [-0.2, 0) is 6.54 Å². The highest BCUT2D eigenvalue weighted by atomic mass is 79.9. The van der Waals surface area contributed by atoms with Gasteiger partial charge in [-0.2, -0.15) is 5.10 Å². The molecule has 1 aliphatic heterocycles. The topological polar surface area (TPSA) is 72.1 Å². The van der Waals surface area contributed by atoms with Gasteiger partial charge >= 0.3 is 0 Å². The van der Waals surface area contributed by atoms with Crippen molar-refractivity contribution in [1.29, 1.82) is 0 Å². The van der Waals surface area contributed by atoms with Crippen LogP contribution < -0.4 is 0 Å². The number of hydrogen-bond donors (Lipinski definition) is 0. The zero-order valence-corrected chi connectivity index (χ0v) is 23.4. The molecule has 0 aliphatic carbocycles. The number of halogens is 2. The van der Waals surface area contributed by atoms with Crippen LogP contribution in [0.2, 0.25) is 0 Å². The number of rotatable bonds is 6. The molecule has 3 heterocycles. The molecule has 1 saturated heterocycles. The van der Waals surface area contributed by atoms with Gasteiger partial charge in [0.15, 0.2) is 5.69 Å². The van der Waals surface area contributed by atoms with E-state index in [0.29, 0.717) is 25.3 Å². The lowest BCUT2D eigenvalue weighted by molar-refractivity contribution is 0.0620. The van der Waals surface area contributed by atoms with Crippen molar-refractivity contribution in [2.24, 2.45) is 0 Å². The van der Waals surface area contributed by atoms with Crippen LogP contribution in [0, 0.1) is 6.92 Å². The Bertz CT molecular complexity index is 1370. The Hall–Kier alpha value is -2.82. The first-order valence-corrected chi connectivity index (χ1v) is 13.5. The second-order valence-electron chi connectivity index (χ2n) is 8.99. The lowest BCUT2D eigenvalue weighted by Gasteiger charge is -2.33. The number of amides is 1. The molecule has 0 unspecified atom stereocenters.